The second-order valence-electron chi connectivity index (χ2n) is 7.48. The highest BCUT2D eigenvalue weighted by atomic mass is 32.2. The van der Waals surface area contributed by atoms with Crippen LogP contribution >= 0.6 is 23.1 Å². The summed E-state index contributed by atoms with van der Waals surface area (Å²) in [6.45, 7) is 5.49. The Morgan fingerprint density at radius 1 is 1.14 bits per heavy atom. The van der Waals surface area contributed by atoms with Crippen molar-refractivity contribution >= 4 is 46.6 Å². The number of aromatic nitrogens is 1. The number of rotatable bonds is 4. The molecule has 29 heavy (non-hydrogen) atoms. The summed E-state index contributed by atoms with van der Waals surface area (Å²) in [6, 6.07) is 8.86. The van der Waals surface area contributed by atoms with Crippen LogP contribution in [-0.2, 0) is 31.1 Å². The normalized spacial score (nSPS) is 22.4. The quantitative estimate of drug-likeness (QED) is 0.545. The summed E-state index contributed by atoms with van der Waals surface area (Å²) in [5.74, 6) is -1.64. The molecule has 2 aliphatic heterocycles. The molecule has 0 bridgehead atoms. The van der Waals surface area contributed by atoms with Crippen LogP contribution in [-0.4, -0.2) is 34.2 Å². The van der Waals surface area contributed by atoms with Crippen LogP contribution in [0, 0.1) is 5.92 Å². The van der Waals surface area contributed by atoms with Gasteiger partial charge in [-0.2, -0.15) is 0 Å². The fourth-order valence-electron chi connectivity index (χ4n) is 3.93. The molecule has 2 aromatic rings. The Kier molecular flexibility index (Phi) is 4.90. The summed E-state index contributed by atoms with van der Waals surface area (Å²) in [5, 5.41) is -0.0667. The van der Waals surface area contributed by atoms with Crippen LogP contribution in [0.4, 0.5) is 5.69 Å². The van der Waals surface area contributed by atoms with Gasteiger partial charge in [-0.1, -0.05) is 55.1 Å². The minimum atomic E-state index is -0.717. The molecule has 1 aromatic heterocycles. The van der Waals surface area contributed by atoms with E-state index < -0.39 is 22.6 Å². The third-order valence-electron chi connectivity index (χ3n) is 5.31. The Bertz CT molecular complexity index is 1060. The van der Waals surface area contributed by atoms with E-state index in [-0.39, 0.29) is 29.8 Å². The zero-order valence-electron chi connectivity index (χ0n) is 16.2. The van der Waals surface area contributed by atoms with Crippen molar-refractivity contribution in [2.75, 3.05) is 11.5 Å². The number of hydrogen-bond donors (Lipinski definition) is 0. The first-order chi connectivity index (χ1) is 13.8. The lowest BCUT2D eigenvalue weighted by molar-refractivity contribution is -0.144. The molecule has 3 heterocycles. The Morgan fingerprint density at radius 2 is 1.83 bits per heavy atom. The van der Waals surface area contributed by atoms with E-state index in [1.54, 1.807) is 31.2 Å². The lowest BCUT2D eigenvalue weighted by atomic mass is 9.76. The molecular formula is C20H20N2O5S2. The first kappa shape index (κ1) is 19.9. The van der Waals surface area contributed by atoms with Gasteiger partial charge >= 0.3 is 10.8 Å². The third-order valence-corrected chi connectivity index (χ3v) is 8.13. The molecule has 152 valence electrons. The predicted octanol–water partition coefficient (Wildman–Crippen LogP) is 2.41. The highest BCUT2D eigenvalue weighted by molar-refractivity contribution is 8.00. The van der Waals surface area contributed by atoms with Crippen LogP contribution in [0.3, 0.4) is 0 Å². The molecule has 1 saturated heterocycles. The number of thioether (sulfide) groups is 1. The van der Waals surface area contributed by atoms with E-state index in [9.17, 15) is 19.2 Å². The van der Waals surface area contributed by atoms with Crippen LogP contribution in [0.15, 0.2) is 40.2 Å². The average Bonchev–Trinajstić information content (AvgIpc) is 3.12. The molecule has 2 amide bonds. The molecule has 9 heteroatoms. The third kappa shape index (κ3) is 3.03. The Labute approximate surface area is 175 Å². The number of nitrogens with zero attached hydrogens (tertiary/aromatic N) is 2. The fourth-order valence-corrected chi connectivity index (χ4v) is 6.97. The monoisotopic (exact) mass is 432 g/mol. The fraction of sp³-hybridized carbons (Fsp3) is 0.400. The number of benzene rings is 1. The van der Waals surface area contributed by atoms with Gasteiger partial charge in [-0.3, -0.25) is 23.7 Å². The number of ether oxygens (including phenoxy) is 1. The summed E-state index contributed by atoms with van der Waals surface area (Å²) < 4.78 is 6.34. The van der Waals surface area contributed by atoms with Crippen molar-refractivity contribution in [1.29, 1.82) is 0 Å². The summed E-state index contributed by atoms with van der Waals surface area (Å²) >= 11 is 2.23. The van der Waals surface area contributed by atoms with Crippen molar-refractivity contribution in [3.63, 3.8) is 0 Å². The van der Waals surface area contributed by atoms with E-state index in [4.69, 9.17) is 4.74 Å². The maximum atomic E-state index is 13.3. The molecule has 0 aliphatic carbocycles. The van der Waals surface area contributed by atoms with Crippen molar-refractivity contribution in [2.45, 2.75) is 43.0 Å². The number of thiazole rings is 1. The number of esters is 1. The molecular weight excluding hydrogens is 412 g/mol. The molecule has 0 radical (unpaired) electrons. The van der Waals surface area contributed by atoms with E-state index in [1.165, 1.54) is 21.2 Å². The highest BCUT2D eigenvalue weighted by Gasteiger charge is 2.59. The molecule has 0 saturated carbocycles. The maximum absolute atomic E-state index is 13.3. The Morgan fingerprint density at radius 3 is 2.48 bits per heavy atom. The van der Waals surface area contributed by atoms with Crippen molar-refractivity contribution in [2.24, 2.45) is 5.92 Å². The van der Waals surface area contributed by atoms with Crippen LogP contribution in [0.1, 0.15) is 25.6 Å². The van der Waals surface area contributed by atoms with Gasteiger partial charge in [0.1, 0.15) is 11.8 Å². The topological polar surface area (TPSA) is 85.7 Å². The predicted molar refractivity (Wildman–Crippen MR) is 110 cm³/mol. The molecule has 1 fully saturated rings. The van der Waals surface area contributed by atoms with E-state index in [0.717, 1.165) is 16.2 Å². The summed E-state index contributed by atoms with van der Waals surface area (Å²) in [7, 11) is 0. The van der Waals surface area contributed by atoms with E-state index in [1.807, 2.05) is 19.9 Å². The van der Waals surface area contributed by atoms with Crippen molar-refractivity contribution in [1.82, 2.24) is 4.57 Å². The molecule has 2 atom stereocenters. The van der Waals surface area contributed by atoms with Gasteiger partial charge < -0.3 is 4.74 Å². The minimum Gasteiger partial charge on any atom is -0.465 e. The minimum absolute atomic E-state index is 0.205. The first-order valence-electron chi connectivity index (χ1n) is 9.26. The second-order valence-corrected chi connectivity index (χ2v) is 9.57. The van der Waals surface area contributed by atoms with Gasteiger partial charge in [0.05, 0.1) is 23.2 Å². The molecule has 7 nitrogen and oxygen atoms in total. The average molecular weight is 433 g/mol. The zero-order valence-corrected chi connectivity index (χ0v) is 17.8. The van der Waals surface area contributed by atoms with Crippen LogP contribution < -0.4 is 9.77 Å². The lowest BCUT2D eigenvalue weighted by Gasteiger charge is -2.36. The van der Waals surface area contributed by atoms with Gasteiger partial charge in [0.15, 0.2) is 0 Å². The van der Waals surface area contributed by atoms with Gasteiger partial charge in [0.2, 0.25) is 11.8 Å². The molecule has 0 spiro atoms. The van der Waals surface area contributed by atoms with Gasteiger partial charge in [0.25, 0.3) is 0 Å². The number of carbonyl (C=O) groups is 3. The van der Waals surface area contributed by atoms with Gasteiger partial charge in [-0.15, -0.1) is 0 Å². The first-order valence-corrected chi connectivity index (χ1v) is 11.0. The van der Waals surface area contributed by atoms with Gasteiger partial charge in [-0.05, 0) is 19.1 Å². The molecule has 1 aromatic carbocycles. The highest BCUT2D eigenvalue weighted by Crippen LogP contribution is 2.54. The zero-order chi connectivity index (χ0) is 20.9. The smallest absolute Gasteiger partial charge is 0.326 e. The number of para-hydroxylation sites is 1. The standard InChI is InChI=1S/C20H20N2O5S2/c1-4-27-12(23)10-21-18-15(29-19(21)26)20(2,3)13-14(28-18)17(25)22(16(13)24)11-8-6-5-7-9-11/h5-9,13-14H,4,10H2,1-3H3/t13-,14+/m1/s1. The van der Waals surface area contributed by atoms with Gasteiger partial charge in [-0.25, -0.2) is 4.90 Å². The van der Waals surface area contributed by atoms with Crippen molar-refractivity contribution < 1.29 is 19.1 Å². The van der Waals surface area contributed by atoms with Crippen molar-refractivity contribution in [3.05, 3.63) is 44.9 Å². The SMILES string of the molecule is CCOC(=O)Cn1c2c(sc1=O)C(C)(C)[C@H]1C(=O)N(c3ccccc3)C(=O)[C@H]1S2. The van der Waals surface area contributed by atoms with Crippen LogP contribution in [0.2, 0.25) is 0 Å². The maximum Gasteiger partial charge on any atom is 0.326 e. The van der Waals surface area contributed by atoms with E-state index >= 15 is 0 Å². The summed E-state index contributed by atoms with van der Waals surface area (Å²) in [6.07, 6.45) is 0. The van der Waals surface area contributed by atoms with E-state index in [0.29, 0.717) is 10.7 Å². The number of carbonyl (C=O) groups excluding carboxylic acids is 3. The number of amides is 2. The number of imide groups is 1. The molecule has 2 aliphatic rings. The summed E-state index contributed by atoms with van der Waals surface area (Å²) in [4.78, 5) is 52.7. The number of anilines is 1. The van der Waals surface area contributed by atoms with Crippen LogP contribution in [0.5, 0.6) is 0 Å². The Balaban J connectivity index is 1.77. The number of fused-ring (bicyclic) bond motifs is 2. The molecule has 0 unspecified atom stereocenters. The molecule has 0 N–H and O–H groups in total. The second kappa shape index (κ2) is 7.14. The molecule has 4 rings (SSSR count). The van der Waals surface area contributed by atoms with Crippen LogP contribution in [0.25, 0.3) is 0 Å². The van der Waals surface area contributed by atoms with Gasteiger partial charge in [0, 0.05) is 10.3 Å². The Hall–Kier alpha value is -2.39. The van der Waals surface area contributed by atoms with E-state index in [2.05, 4.69) is 0 Å². The number of hydrogen-bond acceptors (Lipinski definition) is 7. The van der Waals surface area contributed by atoms with Crippen molar-refractivity contribution in [3.8, 4) is 0 Å². The largest absolute Gasteiger partial charge is 0.465 e. The lowest BCUT2D eigenvalue weighted by Crippen LogP contribution is -2.41. The summed E-state index contributed by atoms with van der Waals surface area (Å²) in [5.41, 5.74) is -0.175.